The summed E-state index contributed by atoms with van der Waals surface area (Å²) in [5.41, 5.74) is 3.06. The highest BCUT2D eigenvalue weighted by Crippen LogP contribution is 2.48. The molecule has 0 radical (unpaired) electrons. The van der Waals surface area contributed by atoms with Gasteiger partial charge in [0.05, 0.1) is 37.8 Å². The predicted molar refractivity (Wildman–Crippen MR) is 365 cm³/mol. The van der Waals surface area contributed by atoms with E-state index in [1.54, 1.807) is 46.2 Å². The number of nitrogens with one attached hydrogen (secondary N) is 9. The SMILES string of the molecule is CC1NC(=O)CCOCCNC(=O)C(NC(=O)/C=C\C(=O)O)C(NC(=O)/C=C\C(=O)O)C(=O)NCCOCCC(=O)NC(C)C(=O)NC(C)C(=O)Oc2cc3c(c4ccccc24)[C@H](CCI)CN3C(=O)CCCC(=O)N2C[C@@H](CCl)c3c2cc(c2ccccc32)NC(=O)C(C)NC1=O. The molecule has 98 heavy (non-hydrogen) atoms. The summed E-state index contributed by atoms with van der Waals surface area (Å²) in [7, 11) is 0. The quantitative estimate of drug-likeness (QED) is 0.0375. The average Bonchev–Trinajstić information content (AvgIpc) is 1.57. The largest absolute Gasteiger partial charge is 0.478 e. The maximum absolute atomic E-state index is 14.5. The molecule has 0 spiro atoms. The van der Waals surface area contributed by atoms with Crippen LogP contribution in [0.4, 0.5) is 17.1 Å². The lowest BCUT2D eigenvalue weighted by Gasteiger charge is -2.26. The van der Waals surface area contributed by atoms with Crippen molar-refractivity contribution in [2.75, 3.05) is 78.0 Å². The van der Waals surface area contributed by atoms with E-state index in [2.05, 4.69) is 70.4 Å². The molecule has 0 aromatic heterocycles. The summed E-state index contributed by atoms with van der Waals surface area (Å²) < 4.78 is 17.8. The number of hydrogen-bond donors (Lipinski definition) is 11. The molecule has 0 fully saturated rings. The Bertz CT molecular complexity index is 3810. The van der Waals surface area contributed by atoms with Crippen molar-refractivity contribution >= 4 is 156 Å². The molecule has 11 N–H and O–H groups in total. The van der Waals surface area contributed by atoms with E-state index in [1.807, 2.05) is 24.3 Å². The van der Waals surface area contributed by atoms with Crippen molar-refractivity contribution in [1.29, 1.82) is 0 Å². The normalized spacial score (nSPS) is 23.3. The van der Waals surface area contributed by atoms with E-state index >= 15 is 0 Å². The fourth-order valence-electron chi connectivity index (χ4n) is 11.2. The molecule has 7 rings (SSSR count). The van der Waals surface area contributed by atoms with Crippen LogP contribution in [0.1, 0.15) is 89.2 Å². The van der Waals surface area contributed by atoms with Crippen molar-refractivity contribution in [3.05, 3.63) is 96.1 Å². The van der Waals surface area contributed by atoms with Crippen LogP contribution in [0.25, 0.3) is 21.5 Å². The number of alkyl halides is 2. The number of nitrogens with zero attached hydrogens (tertiary/aromatic N) is 2. The molecule has 8 atom stereocenters. The number of anilines is 3. The lowest BCUT2D eigenvalue weighted by Crippen LogP contribution is -2.63. The van der Waals surface area contributed by atoms with Crippen LogP contribution in [-0.2, 0) is 76.6 Å². The summed E-state index contributed by atoms with van der Waals surface area (Å²) in [6.45, 7) is 4.33. The number of ether oxygens (including phenoxy) is 3. The smallest absolute Gasteiger partial charge is 0.333 e. The third kappa shape index (κ3) is 20.5. The minimum absolute atomic E-state index is 0.0252. The van der Waals surface area contributed by atoms with Gasteiger partial charge in [0.1, 0.15) is 42.0 Å². The zero-order valence-corrected chi connectivity index (χ0v) is 56.9. The van der Waals surface area contributed by atoms with Gasteiger partial charge in [0.2, 0.25) is 65.0 Å². The van der Waals surface area contributed by atoms with E-state index < -0.39 is 107 Å². The van der Waals surface area contributed by atoms with Crippen molar-refractivity contribution in [3.8, 4) is 5.75 Å². The Balaban J connectivity index is 1.11. The molecule has 4 aromatic carbocycles. The standard InChI is InChI=1S/C66H77ClIN11O19/c1-35-61(90)73-37(3)63(92)75-45-30-46-58(43-12-7-5-10-41(43)45)40(32-67)34-79(46)54(85)15-9-14-53(84)78-33-39(20-23-68)57-44-13-8-6-11-42(44)48(31-47(57)78)98-66(95)38(4)74-62(91)36(2)72-52(83)22-27-97-29-25-70-65(94)60(77-50(81)17-19-56(88)89)59(76-49(80)16-18-55(86)87)64(93)69-24-28-96-26-21-51(82)71-35/h5-8,10-13,16-19,30-31,35-40,59-60H,9,14-15,20-29,32-34H2,1-4H3,(H,69,93)(H,70,94)(H,71,82)(H,72,83)(H,73,90)(H,74,91)(H,75,92)(H,76,80)(H,77,81)(H,86,87)(H,88,89)/b18-16-,19-17-/t35?,36?,37?,38?,39-,40-,59?,60?/m1/s1. The van der Waals surface area contributed by atoms with Crippen LogP contribution in [0.5, 0.6) is 5.75 Å². The number of aliphatic carboxylic acids is 2. The topological polar surface area (TPSA) is 422 Å². The first-order valence-corrected chi connectivity index (χ1v) is 33.6. The van der Waals surface area contributed by atoms with Crippen molar-refractivity contribution in [1.82, 2.24) is 42.5 Å². The summed E-state index contributed by atoms with van der Waals surface area (Å²) >= 11 is 8.88. The summed E-state index contributed by atoms with van der Waals surface area (Å²) in [6.07, 6.45) is 2.09. The lowest BCUT2D eigenvalue weighted by atomic mass is 9.92. The Morgan fingerprint density at radius 2 is 1.01 bits per heavy atom. The number of rotatable bonds is 9. The molecule has 3 aliphatic rings. The second-order valence-corrected chi connectivity index (χ2v) is 24.6. The Morgan fingerprint density at radius 1 is 0.561 bits per heavy atom. The number of hydrogen-bond acceptors (Lipinski definition) is 17. The van der Waals surface area contributed by atoms with Crippen LogP contribution in [0.2, 0.25) is 0 Å². The molecule has 4 bridgehead atoms. The van der Waals surface area contributed by atoms with Gasteiger partial charge in [-0.15, -0.1) is 11.6 Å². The molecule has 32 heteroatoms. The Kier molecular flexibility index (Phi) is 27.9. The van der Waals surface area contributed by atoms with Gasteiger partial charge in [-0.2, -0.15) is 0 Å². The van der Waals surface area contributed by atoms with E-state index in [0.717, 1.165) is 32.7 Å². The lowest BCUT2D eigenvalue weighted by molar-refractivity contribution is -0.139. The first-order valence-electron chi connectivity index (χ1n) is 31.5. The third-order valence-corrected chi connectivity index (χ3v) is 17.1. The minimum atomic E-state index is -2.02. The van der Waals surface area contributed by atoms with Gasteiger partial charge in [-0.25, -0.2) is 14.4 Å². The first kappa shape index (κ1) is 75.8. The van der Waals surface area contributed by atoms with Crippen LogP contribution < -0.4 is 62.4 Å². The third-order valence-electron chi connectivity index (χ3n) is 16.1. The van der Waals surface area contributed by atoms with Crippen LogP contribution in [0.3, 0.4) is 0 Å². The molecule has 0 aliphatic carbocycles. The van der Waals surface area contributed by atoms with Gasteiger partial charge in [-0.1, -0.05) is 71.1 Å². The first-order chi connectivity index (χ1) is 46.8. The monoisotopic (exact) mass is 1490 g/mol. The van der Waals surface area contributed by atoms with E-state index in [9.17, 15) is 67.1 Å². The summed E-state index contributed by atoms with van der Waals surface area (Å²) in [4.78, 5) is 188. The van der Waals surface area contributed by atoms with Crippen LogP contribution in [-0.4, -0.2) is 192 Å². The number of carbonyl (C=O) groups excluding carboxylic acids is 12. The highest BCUT2D eigenvalue weighted by molar-refractivity contribution is 14.1. The van der Waals surface area contributed by atoms with Crippen molar-refractivity contribution in [2.24, 2.45) is 0 Å². The van der Waals surface area contributed by atoms with E-state index in [0.29, 0.717) is 58.7 Å². The van der Waals surface area contributed by atoms with E-state index in [-0.39, 0.29) is 113 Å². The summed E-state index contributed by atoms with van der Waals surface area (Å²) in [5.74, 6) is -12.8. The molecular weight excluding hydrogens is 1410 g/mol. The molecule has 4 aromatic rings. The van der Waals surface area contributed by atoms with Crippen molar-refractivity contribution in [3.63, 3.8) is 0 Å². The fourth-order valence-corrected chi connectivity index (χ4v) is 12.2. The molecule has 524 valence electrons. The number of fused-ring (bicyclic) bond motifs is 8. The second kappa shape index (κ2) is 36.1. The number of amides is 11. The zero-order chi connectivity index (χ0) is 71.3. The maximum atomic E-state index is 14.5. The predicted octanol–water partition coefficient (Wildman–Crippen LogP) is 1.96. The maximum Gasteiger partial charge on any atom is 0.333 e. The van der Waals surface area contributed by atoms with Gasteiger partial charge in [0.15, 0.2) is 0 Å². The van der Waals surface area contributed by atoms with Crippen LogP contribution >= 0.6 is 34.2 Å². The highest BCUT2D eigenvalue weighted by atomic mass is 127. The van der Waals surface area contributed by atoms with Gasteiger partial charge in [0, 0.05) is 121 Å². The Labute approximate surface area is 580 Å². The number of esters is 1. The van der Waals surface area contributed by atoms with E-state index in [1.165, 1.54) is 27.7 Å². The van der Waals surface area contributed by atoms with Gasteiger partial charge in [-0.05, 0) is 68.5 Å². The van der Waals surface area contributed by atoms with Gasteiger partial charge >= 0.3 is 17.9 Å². The van der Waals surface area contributed by atoms with E-state index in [4.69, 9.17) is 36.0 Å². The zero-order valence-electron chi connectivity index (χ0n) is 54.0. The van der Waals surface area contributed by atoms with Crippen molar-refractivity contribution in [2.45, 2.75) is 114 Å². The number of benzene rings is 4. The number of carbonyl (C=O) groups is 14. The number of carboxylic acid groups (broad SMARTS) is 2. The Morgan fingerprint density at radius 3 is 1.51 bits per heavy atom. The average molecular weight is 1490 g/mol. The molecule has 0 saturated heterocycles. The van der Waals surface area contributed by atoms with Gasteiger partial charge in [0.25, 0.3) is 0 Å². The van der Waals surface area contributed by atoms with Crippen molar-refractivity contribution < 1.29 is 91.5 Å². The molecule has 0 saturated carbocycles. The molecule has 3 heterocycles. The number of carboxylic acids is 2. The molecule has 11 amide bonds. The summed E-state index contributed by atoms with van der Waals surface area (Å²) in [5, 5.41) is 43.1. The van der Waals surface area contributed by atoms with Crippen LogP contribution in [0, 0.1) is 0 Å². The number of halogens is 2. The second-order valence-electron chi connectivity index (χ2n) is 23.2. The molecule has 30 nitrogen and oxygen atoms in total. The molecule has 3 aliphatic heterocycles. The molecular formula is C66H77ClIN11O19. The van der Waals surface area contributed by atoms with Gasteiger partial charge in [-0.3, -0.25) is 52.7 Å². The highest BCUT2D eigenvalue weighted by Gasteiger charge is 2.39. The fraction of sp³-hybridized carbons (Fsp3) is 0.424. The van der Waals surface area contributed by atoms with Crippen LogP contribution in [0.15, 0.2) is 85.0 Å². The molecule has 6 unspecified atom stereocenters. The Hall–Kier alpha value is -9.60. The van der Waals surface area contributed by atoms with Gasteiger partial charge < -0.3 is 82.1 Å². The minimum Gasteiger partial charge on any atom is -0.478 e. The summed E-state index contributed by atoms with van der Waals surface area (Å²) in [6, 6.07) is 9.05.